The normalized spacial score (nSPS) is 14.5. The number of carbonyl (C=O) groups is 5. The van der Waals surface area contributed by atoms with Crippen LogP contribution in [0.15, 0.2) is 29.3 Å². The molecular weight excluding hydrogens is 526 g/mol. The van der Waals surface area contributed by atoms with Gasteiger partial charge in [-0.2, -0.15) is 0 Å². The van der Waals surface area contributed by atoms with Crippen LogP contribution in [0.3, 0.4) is 0 Å². The predicted molar refractivity (Wildman–Crippen MR) is 145 cm³/mol. The van der Waals surface area contributed by atoms with Crippen molar-refractivity contribution in [1.29, 1.82) is 0 Å². The molecule has 0 spiro atoms. The van der Waals surface area contributed by atoms with Gasteiger partial charge in [0.05, 0.1) is 12.5 Å². The molecule has 12 N–H and O–H groups in total. The van der Waals surface area contributed by atoms with Crippen LogP contribution in [-0.2, 0) is 30.4 Å². The summed E-state index contributed by atoms with van der Waals surface area (Å²) >= 11 is 0. The number of phenolic OH excluding ortho intramolecular Hbond substituents is 1. The topological polar surface area (TPSA) is 273 Å². The predicted octanol–water partition coefficient (Wildman–Crippen LogP) is -1.62. The van der Waals surface area contributed by atoms with Crippen LogP contribution in [0.5, 0.6) is 5.75 Å². The van der Waals surface area contributed by atoms with Gasteiger partial charge in [0.25, 0.3) is 0 Å². The van der Waals surface area contributed by atoms with Gasteiger partial charge in [0.1, 0.15) is 23.9 Å². The summed E-state index contributed by atoms with van der Waals surface area (Å²) in [5, 5.41) is 35.5. The number of aliphatic imine (C=N–C) groups is 1. The Morgan fingerprint density at radius 2 is 1.52 bits per heavy atom. The highest BCUT2D eigenvalue weighted by Crippen LogP contribution is 2.14. The number of carboxylic acids is 2. The first-order valence-electron chi connectivity index (χ1n) is 12.7. The van der Waals surface area contributed by atoms with E-state index in [9.17, 15) is 34.2 Å². The molecule has 40 heavy (non-hydrogen) atoms. The van der Waals surface area contributed by atoms with Crippen molar-refractivity contribution in [1.82, 2.24) is 16.0 Å². The minimum atomic E-state index is -1.43. The lowest BCUT2D eigenvalue weighted by atomic mass is 9.96. The molecule has 15 heteroatoms. The van der Waals surface area contributed by atoms with Gasteiger partial charge in [-0.1, -0.05) is 32.4 Å². The Hall–Kier alpha value is -4.40. The number of phenols is 1. The van der Waals surface area contributed by atoms with Crippen molar-refractivity contribution < 1.29 is 39.3 Å². The average Bonchev–Trinajstić information content (AvgIpc) is 2.88. The molecule has 0 heterocycles. The summed E-state index contributed by atoms with van der Waals surface area (Å²) in [4.78, 5) is 65.5. The number of carbonyl (C=O) groups excluding carboxylic acids is 3. The van der Waals surface area contributed by atoms with Crippen molar-refractivity contribution in [2.24, 2.45) is 28.1 Å². The van der Waals surface area contributed by atoms with Gasteiger partial charge in [0, 0.05) is 13.0 Å². The van der Waals surface area contributed by atoms with E-state index >= 15 is 0 Å². The molecule has 1 rings (SSSR count). The van der Waals surface area contributed by atoms with Crippen LogP contribution in [0.2, 0.25) is 0 Å². The lowest BCUT2D eigenvalue weighted by Crippen LogP contribution is -2.59. The number of nitrogens with zero attached hydrogens (tertiary/aromatic N) is 1. The van der Waals surface area contributed by atoms with E-state index < -0.39 is 66.2 Å². The van der Waals surface area contributed by atoms with Crippen molar-refractivity contribution >= 4 is 35.6 Å². The average molecular weight is 566 g/mol. The van der Waals surface area contributed by atoms with Gasteiger partial charge in [0.2, 0.25) is 17.7 Å². The molecule has 0 saturated carbocycles. The number of aromatic hydroxyl groups is 1. The summed E-state index contributed by atoms with van der Waals surface area (Å²) in [6.07, 6.45) is -0.00198. The molecule has 0 fully saturated rings. The second kappa shape index (κ2) is 16.5. The minimum Gasteiger partial charge on any atom is -0.508 e. The molecule has 222 valence electrons. The smallest absolute Gasteiger partial charge is 0.326 e. The number of rotatable bonds is 17. The molecule has 5 unspecified atom stereocenters. The molecule has 5 atom stereocenters. The first-order valence-corrected chi connectivity index (χ1v) is 12.7. The zero-order valence-corrected chi connectivity index (χ0v) is 22.5. The first-order chi connectivity index (χ1) is 18.7. The maximum absolute atomic E-state index is 13.4. The highest BCUT2D eigenvalue weighted by Gasteiger charge is 2.33. The van der Waals surface area contributed by atoms with Gasteiger partial charge in [-0.05, 0) is 36.5 Å². The lowest BCUT2D eigenvalue weighted by Gasteiger charge is -2.28. The van der Waals surface area contributed by atoms with E-state index in [0.29, 0.717) is 12.0 Å². The fourth-order valence-electron chi connectivity index (χ4n) is 3.61. The molecule has 0 aliphatic rings. The number of carboxylic acid groups (broad SMARTS) is 2. The van der Waals surface area contributed by atoms with Gasteiger partial charge in [-0.15, -0.1) is 0 Å². The van der Waals surface area contributed by atoms with Gasteiger partial charge >= 0.3 is 11.9 Å². The van der Waals surface area contributed by atoms with Crippen molar-refractivity contribution in [3.8, 4) is 5.75 Å². The van der Waals surface area contributed by atoms with Crippen LogP contribution in [0, 0.1) is 5.92 Å². The summed E-state index contributed by atoms with van der Waals surface area (Å²) in [6.45, 7) is 3.63. The second-order valence-corrected chi connectivity index (χ2v) is 9.36. The monoisotopic (exact) mass is 565 g/mol. The van der Waals surface area contributed by atoms with Crippen molar-refractivity contribution in [2.75, 3.05) is 6.54 Å². The number of hydrogen-bond acceptors (Lipinski definition) is 8. The van der Waals surface area contributed by atoms with Crippen LogP contribution < -0.4 is 33.2 Å². The van der Waals surface area contributed by atoms with Crippen molar-refractivity contribution in [3.63, 3.8) is 0 Å². The molecule has 0 radical (unpaired) electrons. The minimum absolute atomic E-state index is 0.0166. The molecule has 0 bridgehead atoms. The van der Waals surface area contributed by atoms with Crippen LogP contribution in [0.4, 0.5) is 0 Å². The number of nitrogens with one attached hydrogen (secondary N) is 3. The summed E-state index contributed by atoms with van der Waals surface area (Å²) in [6, 6.07) is 0.682. The highest BCUT2D eigenvalue weighted by atomic mass is 16.4. The van der Waals surface area contributed by atoms with E-state index in [1.807, 2.05) is 0 Å². The van der Waals surface area contributed by atoms with E-state index in [-0.39, 0.29) is 37.5 Å². The Kier molecular flexibility index (Phi) is 13.9. The third-order valence-electron chi connectivity index (χ3n) is 6.09. The van der Waals surface area contributed by atoms with E-state index in [1.54, 1.807) is 13.8 Å². The number of benzene rings is 1. The van der Waals surface area contributed by atoms with Gasteiger partial charge < -0.3 is 48.5 Å². The largest absolute Gasteiger partial charge is 0.508 e. The number of aliphatic carboxylic acids is 2. The lowest BCUT2D eigenvalue weighted by molar-refractivity contribution is -0.142. The Morgan fingerprint density at radius 1 is 0.925 bits per heavy atom. The number of nitrogens with two attached hydrogens (primary N) is 3. The van der Waals surface area contributed by atoms with E-state index in [1.165, 1.54) is 24.3 Å². The van der Waals surface area contributed by atoms with Crippen molar-refractivity contribution in [2.45, 2.75) is 70.1 Å². The summed E-state index contributed by atoms with van der Waals surface area (Å²) in [5.74, 6) is -5.58. The Labute approximate surface area is 231 Å². The fourth-order valence-corrected chi connectivity index (χ4v) is 3.61. The standard InChI is InChI=1S/C25H39N7O8/c1-3-13(2)20(23(38)30-17(24(39)40)5-4-10-29-25(27)28)32-22(37)18(11-14-6-8-15(33)9-7-14)31-21(36)16(26)12-19(34)35/h6-9,13,16-18,20,33H,3-5,10-12,26H2,1-2H3,(H,30,38)(H,31,36)(H,32,37)(H,34,35)(H,39,40)(H4,27,28,29). The SMILES string of the molecule is CCC(C)C(NC(=O)C(Cc1ccc(O)cc1)NC(=O)C(N)CC(=O)O)C(=O)NC(CCCN=C(N)N)C(=O)O. The molecule has 3 amide bonds. The molecule has 0 saturated heterocycles. The van der Waals surface area contributed by atoms with Crippen LogP contribution in [0.25, 0.3) is 0 Å². The third-order valence-corrected chi connectivity index (χ3v) is 6.09. The van der Waals surface area contributed by atoms with E-state index in [0.717, 1.165) is 0 Å². The number of hydrogen-bond donors (Lipinski definition) is 9. The third kappa shape index (κ3) is 12.0. The zero-order valence-electron chi connectivity index (χ0n) is 22.5. The molecule has 0 aliphatic carbocycles. The van der Waals surface area contributed by atoms with Crippen LogP contribution >= 0.6 is 0 Å². The van der Waals surface area contributed by atoms with E-state index in [4.69, 9.17) is 22.3 Å². The fraction of sp³-hybridized carbons (Fsp3) is 0.520. The Bertz CT molecular complexity index is 1060. The Morgan fingerprint density at radius 3 is 2.05 bits per heavy atom. The highest BCUT2D eigenvalue weighted by molar-refractivity contribution is 5.95. The molecule has 1 aromatic rings. The Balaban J connectivity index is 3.12. The van der Waals surface area contributed by atoms with Crippen molar-refractivity contribution in [3.05, 3.63) is 29.8 Å². The summed E-state index contributed by atoms with van der Waals surface area (Å²) < 4.78 is 0. The van der Waals surface area contributed by atoms with Gasteiger partial charge in [-0.3, -0.25) is 24.2 Å². The van der Waals surface area contributed by atoms with E-state index in [2.05, 4.69) is 20.9 Å². The quantitative estimate of drug-likeness (QED) is 0.0587. The molecular formula is C25H39N7O8. The summed E-state index contributed by atoms with van der Waals surface area (Å²) in [7, 11) is 0. The van der Waals surface area contributed by atoms with Gasteiger partial charge in [0.15, 0.2) is 5.96 Å². The maximum atomic E-state index is 13.4. The second-order valence-electron chi connectivity index (χ2n) is 9.36. The van der Waals surface area contributed by atoms with Crippen LogP contribution in [-0.4, -0.2) is 81.7 Å². The summed E-state index contributed by atoms with van der Waals surface area (Å²) in [5.41, 5.74) is 16.7. The molecule has 0 aliphatic heterocycles. The maximum Gasteiger partial charge on any atom is 0.326 e. The molecule has 0 aromatic heterocycles. The van der Waals surface area contributed by atoms with Gasteiger partial charge in [-0.25, -0.2) is 4.79 Å². The number of amides is 3. The van der Waals surface area contributed by atoms with Crippen LogP contribution in [0.1, 0.15) is 45.1 Å². The zero-order chi connectivity index (χ0) is 30.4. The molecule has 1 aromatic carbocycles. The first kappa shape index (κ1) is 33.6. The molecule has 15 nitrogen and oxygen atoms in total. The number of guanidine groups is 1.